The highest BCUT2D eigenvalue weighted by Crippen LogP contribution is 2.25. The molecule has 0 aliphatic heterocycles. The number of carbonyl (C=O) groups excluding carboxylic acids is 1. The molecular formula is C8H7Cl3N2OS. The van der Waals surface area contributed by atoms with Crippen molar-refractivity contribution in [3.8, 4) is 0 Å². The SMILES string of the molecule is CN(SCl)C(=O)Nc1ccc(Cl)c(Cl)c1. The smallest absolute Gasteiger partial charge is 0.307 e. The predicted molar refractivity (Wildman–Crippen MR) is 66.7 cm³/mol. The fourth-order valence-corrected chi connectivity index (χ4v) is 1.40. The quantitative estimate of drug-likeness (QED) is 0.824. The summed E-state index contributed by atoms with van der Waals surface area (Å²) < 4.78 is 1.24. The van der Waals surface area contributed by atoms with E-state index >= 15 is 0 Å². The molecule has 0 bridgehead atoms. The van der Waals surface area contributed by atoms with Crippen LogP contribution in [0.5, 0.6) is 0 Å². The van der Waals surface area contributed by atoms with Gasteiger partial charge in [0.25, 0.3) is 0 Å². The molecular weight excluding hydrogens is 279 g/mol. The lowest BCUT2D eigenvalue weighted by atomic mass is 10.3. The van der Waals surface area contributed by atoms with Crippen molar-refractivity contribution in [2.24, 2.45) is 0 Å². The second-order valence-corrected chi connectivity index (χ2v) is 4.54. The van der Waals surface area contributed by atoms with Gasteiger partial charge in [0, 0.05) is 12.7 Å². The van der Waals surface area contributed by atoms with Crippen molar-refractivity contribution in [1.29, 1.82) is 0 Å². The van der Waals surface area contributed by atoms with E-state index in [-0.39, 0.29) is 6.03 Å². The summed E-state index contributed by atoms with van der Waals surface area (Å²) in [5.41, 5.74) is 0.562. The normalized spacial score (nSPS) is 9.87. The minimum absolute atomic E-state index is 0.339. The van der Waals surface area contributed by atoms with Crippen LogP contribution in [0.25, 0.3) is 0 Å². The average Bonchev–Trinajstić information content (AvgIpc) is 2.22. The number of urea groups is 1. The van der Waals surface area contributed by atoms with Crippen LogP contribution in [-0.4, -0.2) is 17.4 Å². The van der Waals surface area contributed by atoms with Crippen LogP contribution in [0.3, 0.4) is 0 Å². The van der Waals surface area contributed by atoms with Crippen molar-refractivity contribution in [1.82, 2.24) is 4.31 Å². The molecule has 0 spiro atoms. The number of halogens is 3. The number of benzene rings is 1. The lowest BCUT2D eigenvalue weighted by Crippen LogP contribution is -2.24. The molecule has 1 rings (SSSR count). The van der Waals surface area contributed by atoms with Crippen LogP contribution in [0, 0.1) is 0 Å². The molecule has 0 heterocycles. The molecule has 1 N–H and O–H groups in total. The molecule has 0 saturated heterocycles. The molecule has 15 heavy (non-hydrogen) atoms. The van der Waals surface area contributed by atoms with Gasteiger partial charge in [-0.05, 0) is 28.9 Å². The van der Waals surface area contributed by atoms with Gasteiger partial charge in [-0.25, -0.2) is 4.79 Å². The number of anilines is 1. The van der Waals surface area contributed by atoms with Gasteiger partial charge in [0.1, 0.15) is 0 Å². The van der Waals surface area contributed by atoms with Gasteiger partial charge in [-0.3, -0.25) is 4.31 Å². The van der Waals surface area contributed by atoms with Crippen LogP contribution in [0.15, 0.2) is 18.2 Å². The highest BCUT2D eigenvalue weighted by molar-refractivity contribution is 8.19. The molecule has 0 unspecified atom stereocenters. The van der Waals surface area contributed by atoms with Crippen molar-refractivity contribution >= 4 is 56.8 Å². The van der Waals surface area contributed by atoms with Crippen LogP contribution in [-0.2, 0) is 0 Å². The number of carbonyl (C=O) groups is 1. The summed E-state index contributed by atoms with van der Waals surface area (Å²) in [7, 11) is 6.95. The topological polar surface area (TPSA) is 32.3 Å². The molecule has 7 heteroatoms. The Morgan fingerprint density at radius 2 is 2.07 bits per heavy atom. The zero-order chi connectivity index (χ0) is 11.4. The van der Waals surface area contributed by atoms with Gasteiger partial charge < -0.3 is 5.32 Å². The summed E-state index contributed by atoms with van der Waals surface area (Å²) in [6.45, 7) is 0. The number of nitrogens with zero attached hydrogens (tertiary/aromatic N) is 1. The van der Waals surface area contributed by atoms with Gasteiger partial charge in [0.05, 0.1) is 21.2 Å². The molecule has 0 atom stereocenters. The molecule has 0 aliphatic carbocycles. The number of hydrogen-bond donors (Lipinski definition) is 1. The molecule has 0 saturated carbocycles. The van der Waals surface area contributed by atoms with Crippen molar-refractivity contribution < 1.29 is 4.79 Å². The van der Waals surface area contributed by atoms with E-state index in [1.54, 1.807) is 25.2 Å². The van der Waals surface area contributed by atoms with Gasteiger partial charge in [0.15, 0.2) is 0 Å². The first-order valence-electron chi connectivity index (χ1n) is 3.83. The second-order valence-electron chi connectivity index (χ2n) is 2.63. The third kappa shape index (κ3) is 3.65. The minimum Gasteiger partial charge on any atom is -0.307 e. The Labute approximate surface area is 106 Å². The number of amides is 2. The standard InChI is InChI=1S/C8H7Cl3N2OS/c1-13(15-11)8(14)12-5-2-3-6(9)7(10)4-5/h2-4H,1H3,(H,12,14). The first-order chi connectivity index (χ1) is 7.04. The monoisotopic (exact) mass is 284 g/mol. The van der Waals surface area contributed by atoms with Crippen molar-refractivity contribution in [2.75, 3.05) is 12.4 Å². The van der Waals surface area contributed by atoms with Crippen molar-refractivity contribution in [3.05, 3.63) is 28.2 Å². The van der Waals surface area contributed by atoms with Crippen LogP contribution >= 0.6 is 45.0 Å². The summed E-state index contributed by atoms with van der Waals surface area (Å²) in [6, 6.07) is 4.48. The number of nitrogens with one attached hydrogen (secondary N) is 1. The third-order valence-electron chi connectivity index (χ3n) is 1.56. The van der Waals surface area contributed by atoms with Gasteiger partial charge in [0.2, 0.25) is 0 Å². The average molecular weight is 286 g/mol. The Balaban J connectivity index is 2.73. The van der Waals surface area contributed by atoms with Gasteiger partial charge in [-0.15, -0.1) is 0 Å². The Kier molecular flexibility index (Phi) is 4.86. The molecule has 82 valence electrons. The minimum atomic E-state index is -0.339. The van der Waals surface area contributed by atoms with E-state index in [4.69, 9.17) is 33.9 Å². The maximum atomic E-state index is 11.4. The highest BCUT2D eigenvalue weighted by atomic mass is 35.7. The maximum absolute atomic E-state index is 11.4. The largest absolute Gasteiger partial charge is 0.332 e. The van der Waals surface area contributed by atoms with Crippen LogP contribution in [0.1, 0.15) is 0 Å². The zero-order valence-electron chi connectivity index (χ0n) is 7.63. The molecule has 1 aromatic rings. The molecule has 0 fully saturated rings. The number of hydrogen-bond acceptors (Lipinski definition) is 2. The van der Waals surface area contributed by atoms with Gasteiger partial charge in [-0.2, -0.15) is 0 Å². The zero-order valence-corrected chi connectivity index (χ0v) is 10.7. The summed E-state index contributed by atoms with van der Waals surface area (Å²) in [5, 5.41) is 3.42. The van der Waals surface area contributed by atoms with E-state index < -0.39 is 0 Å². The van der Waals surface area contributed by atoms with Crippen LogP contribution in [0.2, 0.25) is 10.0 Å². The molecule has 2 amide bonds. The van der Waals surface area contributed by atoms with Crippen molar-refractivity contribution in [3.63, 3.8) is 0 Å². The molecule has 0 aromatic heterocycles. The van der Waals surface area contributed by atoms with Gasteiger partial charge in [-0.1, -0.05) is 23.2 Å². The summed E-state index contributed by atoms with van der Waals surface area (Å²) in [4.78, 5) is 11.4. The fraction of sp³-hybridized carbons (Fsp3) is 0.125. The molecule has 3 nitrogen and oxygen atoms in total. The Morgan fingerprint density at radius 1 is 1.40 bits per heavy atom. The Morgan fingerprint density at radius 3 is 2.60 bits per heavy atom. The summed E-state index contributed by atoms with van der Waals surface area (Å²) >= 11 is 12.3. The Bertz CT molecular complexity index is 375. The second kappa shape index (κ2) is 5.70. The lowest BCUT2D eigenvalue weighted by molar-refractivity contribution is 0.243. The molecule has 0 aliphatic rings. The van der Waals surface area contributed by atoms with Crippen molar-refractivity contribution in [2.45, 2.75) is 0 Å². The van der Waals surface area contributed by atoms with E-state index in [0.717, 1.165) is 11.2 Å². The number of rotatable bonds is 2. The van der Waals surface area contributed by atoms with E-state index in [2.05, 4.69) is 5.32 Å². The van der Waals surface area contributed by atoms with E-state index in [9.17, 15) is 4.79 Å². The van der Waals surface area contributed by atoms with Crippen LogP contribution in [0.4, 0.5) is 10.5 Å². The molecule has 1 aromatic carbocycles. The predicted octanol–water partition coefficient (Wildman–Crippen LogP) is 4.26. The summed E-state index contributed by atoms with van der Waals surface area (Å²) in [6.07, 6.45) is 0. The highest BCUT2D eigenvalue weighted by Gasteiger charge is 2.08. The maximum Gasteiger partial charge on any atom is 0.332 e. The Hall–Kier alpha value is -0.290. The van der Waals surface area contributed by atoms with E-state index in [1.165, 1.54) is 4.31 Å². The third-order valence-corrected chi connectivity index (χ3v) is 3.29. The van der Waals surface area contributed by atoms with E-state index in [0.29, 0.717) is 15.7 Å². The first kappa shape index (κ1) is 12.8. The van der Waals surface area contributed by atoms with E-state index in [1.807, 2.05) is 0 Å². The lowest BCUT2D eigenvalue weighted by Gasteiger charge is -2.12. The summed E-state index contributed by atoms with van der Waals surface area (Å²) in [5.74, 6) is 0. The fourth-order valence-electron chi connectivity index (χ4n) is 0.807. The molecule has 0 radical (unpaired) electrons. The first-order valence-corrected chi connectivity index (χ1v) is 6.18. The van der Waals surface area contributed by atoms with Gasteiger partial charge >= 0.3 is 6.03 Å². The van der Waals surface area contributed by atoms with Crippen LogP contribution < -0.4 is 5.32 Å².